The molecule has 1 N–H and O–H groups in total. The van der Waals surface area contributed by atoms with E-state index in [0.717, 1.165) is 25.2 Å². The number of halogens is 1. The number of hydrogen-bond acceptors (Lipinski definition) is 4. The minimum Gasteiger partial charge on any atom is -0.308 e. The van der Waals surface area contributed by atoms with Gasteiger partial charge in [-0.1, -0.05) is 6.92 Å². The van der Waals surface area contributed by atoms with Crippen LogP contribution < -0.4 is 5.32 Å². The molecule has 1 atom stereocenters. The van der Waals surface area contributed by atoms with Crippen molar-refractivity contribution >= 4 is 11.6 Å². The predicted octanol–water partition coefficient (Wildman–Crippen LogP) is 1.31. The molecule has 0 aliphatic carbocycles. The molecule has 0 bridgehead atoms. The Balaban J connectivity index is 1.77. The molecule has 2 rings (SSSR count). The van der Waals surface area contributed by atoms with Gasteiger partial charge in [-0.05, 0) is 31.1 Å². The fraction of sp³-hybridized carbons (Fsp3) is 0.636. The Kier molecular flexibility index (Phi) is 4.09. The van der Waals surface area contributed by atoms with Crippen LogP contribution in [0.3, 0.4) is 0 Å². The van der Waals surface area contributed by atoms with E-state index in [4.69, 9.17) is 11.6 Å². The third-order valence-corrected chi connectivity index (χ3v) is 3.18. The summed E-state index contributed by atoms with van der Waals surface area (Å²) < 4.78 is 0. The lowest BCUT2D eigenvalue weighted by molar-refractivity contribution is 0.345. The van der Waals surface area contributed by atoms with Gasteiger partial charge in [-0.25, -0.2) is 9.97 Å². The zero-order chi connectivity index (χ0) is 11.4. The van der Waals surface area contributed by atoms with Crippen LogP contribution in [0.4, 0.5) is 0 Å². The second-order valence-electron chi connectivity index (χ2n) is 4.12. The summed E-state index contributed by atoms with van der Waals surface area (Å²) in [5.74, 6) is 0. The average Bonchev–Trinajstić information content (AvgIpc) is 2.76. The standard InChI is InChI=1S/C11H17ClN4/c1-2-16-4-3-10(8-16)13-5-9-6-14-11(12)15-7-9/h6-7,10,13H,2-5,8H2,1H3. The summed E-state index contributed by atoms with van der Waals surface area (Å²) in [6.45, 7) is 6.51. The van der Waals surface area contributed by atoms with Gasteiger partial charge in [0.25, 0.3) is 0 Å². The number of rotatable bonds is 4. The predicted molar refractivity (Wildman–Crippen MR) is 64.4 cm³/mol. The van der Waals surface area contributed by atoms with Crippen molar-refractivity contribution < 1.29 is 0 Å². The van der Waals surface area contributed by atoms with Crippen LogP contribution in [0.1, 0.15) is 18.9 Å². The zero-order valence-electron chi connectivity index (χ0n) is 9.49. The van der Waals surface area contributed by atoms with E-state index in [0.29, 0.717) is 11.3 Å². The second kappa shape index (κ2) is 5.57. The van der Waals surface area contributed by atoms with Gasteiger partial charge in [0.15, 0.2) is 0 Å². The van der Waals surface area contributed by atoms with Crippen LogP contribution in [0.2, 0.25) is 5.28 Å². The van der Waals surface area contributed by atoms with Gasteiger partial charge in [-0.3, -0.25) is 0 Å². The van der Waals surface area contributed by atoms with E-state index in [1.807, 2.05) is 0 Å². The molecule has 16 heavy (non-hydrogen) atoms. The van der Waals surface area contributed by atoms with Crippen molar-refractivity contribution in [1.82, 2.24) is 20.2 Å². The lowest BCUT2D eigenvalue weighted by atomic mass is 10.2. The van der Waals surface area contributed by atoms with Gasteiger partial charge < -0.3 is 10.2 Å². The highest BCUT2D eigenvalue weighted by Gasteiger charge is 2.20. The van der Waals surface area contributed by atoms with Crippen molar-refractivity contribution in [3.63, 3.8) is 0 Å². The second-order valence-corrected chi connectivity index (χ2v) is 4.46. The van der Waals surface area contributed by atoms with Gasteiger partial charge in [0.1, 0.15) is 0 Å². The van der Waals surface area contributed by atoms with Crippen molar-refractivity contribution in [2.75, 3.05) is 19.6 Å². The third-order valence-electron chi connectivity index (χ3n) is 2.99. The smallest absolute Gasteiger partial charge is 0.222 e. The quantitative estimate of drug-likeness (QED) is 0.806. The molecule has 2 heterocycles. The molecule has 0 aromatic carbocycles. The molecule has 5 heteroatoms. The van der Waals surface area contributed by atoms with E-state index in [9.17, 15) is 0 Å². The Morgan fingerprint density at radius 1 is 1.50 bits per heavy atom. The number of likely N-dealkylation sites (tertiary alicyclic amines) is 1. The molecule has 0 radical (unpaired) electrons. The Morgan fingerprint density at radius 2 is 2.25 bits per heavy atom. The van der Waals surface area contributed by atoms with Crippen LogP contribution in [0.25, 0.3) is 0 Å². The fourth-order valence-electron chi connectivity index (χ4n) is 1.98. The maximum absolute atomic E-state index is 5.63. The summed E-state index contributed by atoms with van der Waals surface area (Å²) in [5.41, 5.74) is 1.08. The number of nitrogens with one attached hydrogen (secondary N) is 1. The van der Waals surface area contributed by atoms with Crippen molar-refractivity contribution in [2.24, 2.45) is 0 Å². The monoisotopic (exact) mass is 240 g/mol. The maximum Gasteiger partial charge on any atom is 0.222 e. The summed E-state index contributed by atoms with van der Waals surface area (Å²) >= 11 is 5.63. The summed E-state index contributed by atoms with van der Waals surface area (Å²) in [6.07, 6.45) is 4.77. The minimum absolute atomic E-state index is 0.307. The molecular weight excluding hydrogens is 224 g/mol. The first-order chi connectivity index (χ1) is 7.78. The van der Waals surface area contributed by atoms with Crippen LogP contribution in [0, 0.1) is 0 Å². The highest BCUT2D eigenvalue weighted by molar-refractivity contribution is 6.28. The van der Waals surface area contributed by atoms with Crippen molar-refractivity contribution in [3.8, 4) is 0 Å². The molecule has 1 fully saturated rings. The molecule has 1 aromatic heterocycles. The molecule has 0 saturated carbocycles. The Morgan fingerprint density at radius 3 is 2.88 bits per heavy atom. The van der Waals surface area contributed by atoms with E-state index in [1.165, 1.54) is 13.0 Å². The molecule has 1 aliphatic heterocycles. The van der Waals surface area contributed by atoms with Crippen LogP contribution in [0.5, 0.6) is 0 Å². The lowest BCUT2D eigenvalue weighted by Gasteiger charge is -2.14. The minimum atomic E-state index is 0.307. The van der Waals surface area contributed by atoms with Gasteiger partial charge >= 0.3 is 0 Å². The van der Waals surface area contributed by atoms with Crippen LogP contribution in [-0.2, 0) is 6.54 Å². The van der Waals surface area contributed by atoms with Crippen molar-refractivity contribution in [1.29, 1.82) is 0 Å². The Labute approximate surface area is 101 Å². The third kappa shape index (κ3) is 3.14. The van der Waals surface area contributed by atoms with Crippen molar-refractivity contribution in [3.05, 3.63) is 23.2 Å². The van der Waals surface area contributed by atoms with Crippen LogP contribution >= 0.6 is 11.6 Å². The molecule has 0 spiro atoms. The number of aromatic nitrogens is 2. The largest absolute Gasteiger partial charge is 0.308 e. The van der Waals surface area contributed by atoms with Crippen LogP contribution in [0.15, 0.2) is 12.4 Å². The van der Waals surface area contributed by atoms with Gasteiger partial charge in [-0.2, -0.15) is 0 Å². The number of hydrogen-bond donors (Lipinski definition) is 1. The SMILES string of the molecule is CCN1CCC(NCc2cnc(Cl)nc2)C1. The van der Waals surface area contributed by atoms with Crippen molar-refractivity contribution in [2.45, 2.75) is 25.9 Å². The highest BCUT2D eigenvalue weighted by atomic mass is 35.5. The number of likely N-dealkylation sites (N-methyl/N-ethyl adjacent to an activating group) is 1. The van der Waals surface area contributed by atoms with E-state index < -0.39 is 0 Å². The topological polar surface area (TPSA) is 41.0 Å². The van der Waals surface area contributed by atoms with Gasteiger partial charge in [0, 0.05) is 37.1 Å². The molecule has 0 amide bonds. The first kappa shape index (κ1) is 11.8. The summed E-state index contributed by atoms with van der Waals surface area (Å²) in [6, 6.07) is 0.593. The average molecular weight is 241 g/mol. The molecule has 1 saturated heterocycles. The van der Waals surface area contributed by atoms with Crippen LogP contribution in [-0.4, -0.2) is 40.5 Å². The van der Waals surface area contributed by atoms with Gasteiger partial charge in [0.05, 0.1) is 0 Å². The van der Waals surface area contributed by atoms with Gasteiger partial charge in [0.2, 0.25) is 5.28 Å². The molecule has 1 aromatic rings. The lowest BCUT2D eigenvalue weighted by Crippen LogP contribution is -2.32. The maximum atomic E-state index is 5.63. The number of nitrogens with zero attached hydrogens (tertiary/aromatic N) is 3. The Bertz CT molecular complexity index is 327. The molecular formula is C11H17ClN4. The Hall–Kier alpha value is -0.710. The molecule has 1 aliphatic rings. The van der Waals surface area contributed by atoms with Gasteiger partial charge in [-0.15, -0.1) is 0 Å². The van der Waals surface area contributed by atoms with E-state index in [1.54, 1.807) is 12.4 Å². The van der Waals surface area contributed by atoms with E-state index in [2.05, 4.69) is 27.1 Å². The molecule has 1 unspecified atom stereocenters. The molecule has 88 valence electrons. The summed E-state index contributed by atoms with van der Waals surface area (Å²) in [5, 5.41) is 3.82. The zero-order valence-corrected chi connectivity index (χ0v) is 10.2. The highest BCUT2D eigenvalue weighted by Crippen LogP contribution is 2.09. The first-order valence-corrected chi connectivity index (χ1v) is 6.08. The van der Waals surface area contributed by atoms with E-state index in [-0.39, 0.29) is 0 Å². The normalized spacial score (nSPS) is 21.5. The van der Waals surface area contributed by atoms with E-state index >= 15 is 0 Å². The fourth-order valence-corrected chi connectivity index (χ4v) is 2.08. The first-order valence-electron chi connectivity index (χ1n) is 5.70. The molecule has 4 nitrogen and oxygen atoms in total. The summed E-state index contributed by atoms with van der Waals surface area (Å²) in [4.78, 5) is 10.4. The summed E-state index contributed by atoms with van der Waals surface area (Å²) in [7, 11) is 0.